The summed E-state index contributed by atoms with van der Waals surface area (Å²) in [5.74, 6) is 3.06. The SMILES string of the molecule is CCNC(CN1CCC2CCCCC2C1)C1CCCC1. The predicted octanol–water partition coefficient (Wildman–Crippen LogP) is 3.67. The minimum absolute atomic E-state index is 0.766. The molecule has 0 bridgehead atoms. The van der Waals surface area contributed by atoms with E-state index < -0.39 is 0 Å². The van der Waals surface area contributed by atoms with Crippen LogP contribution in [-0.2, 0) is 0 Å². The molecule has 1 heterocycles. The zero-order chi connectivity index (χ0) is 13.8. The summed E-state index contributed by atoms with van der Waals surface area (Å²) in [6.07, 6.45) is 13.4. The summed E-state index contributed by atoms with van der Waals surface area (Å²) in [6.45, 7) is 7.51. The Bertz CT molecular complexity index is 285. The van der Waals surface area contributed by atoms with Crippen molar-refractivity contribution in [3.05, 3.63) is 0 Å². The average Bonchev–Trinajstić information content (AvgIpc) is 3.01. The standard InChI is InChI=1S/C18H34N2/c1-2-19-18(16-8-4-5-9-16)14-20-12-11-15-7-3-6-10-17(15)13-20/h15-19H,2-14H2,1H3. The summed E-state index contributed by atoms with van der Waals surface area (Å²) < 4.78 is 0. The molecule has 0 spiro atoms. The first-order valence-corrected chi connectivity index (χ1v) is 9.32. The molecular weight excluding hydrogens is 244 g/mol. The van der Waals surface area contributed by atoms with Gasteiger partial charge in [0.15, 0.2) is 0 Å². The normalized spacial score (nSPS) is 34.0. The molecule has 2 heteroatoms. The number of fused-ring (bicyclic) bond motifs is 1. The third kappa shape index (κ3) is 3.57. The van der Waals surface area contributed by atoms with Crippen molar-refractivity contribution < 1.29 is 0 Å². The van der Waals surface area contributed by atoms with Crippen LogP contribution in [0.2, 0.25) is 0 Å². The quantitative estimate of drug-likeness (QED) is 0.825. The van der Waals surface area contributed by atoms with Crippen molar-refractivity contribution >= 4 is 0 Å². The summed E-state index contributed by atoms with van der Waals surface area (Å²) >= 11 is 0. The van der Waals surface area contributed by atoms with Crippen LogP contribution in [-0.4, -0.2) is 37.1 Å². The summed E-state index contributed by atoms with van der Waals surface area (Å²) in [6, 6.07) is 0.766. The van der Waals surface area contributed by atoms with Crippen LogP contribution in [0, 0.1) is 17.8 Å². The molecule has 1 N–H and O–H groups in total. The van der Waals surface area contributed by atoms with Gasteiger partial charge in [-0.1, -0.05) is 39.0 Å². The van der Waals surface area contributed by atoms with Crippen LogP contribution in [0.25, 0.3) is 0 Å². The molecule has 3 atom stereocenters. The zero-order valence-corrected chi connectivity index (χ0v) is 13.4. The lowest BCUT2D eigenvalue weighted by Gasteiger charge is -2.43. The van der Waals surface area contributed by atoms with Crippen LogP contribution in [0.1, 0.15) is 64.7 Å². The van der Waals surface area contributed by atoms with Crippen LogP contribution in [0.5, 0.6) is 0 Å². The van der Waals surface area contributed by atoms with Crippen LogP contribution in [0.4, 0.5) is 0 Å². The molecule has 3 aliphatic rings. The van der Waals surface area contributed by atoms with Gasteiger partial charge in [-0.25, -0.2) is 0 Å². The van der Waals surface area contributed by atoms with E-state index >= 15 is 0 Å². The number of hydrogen-bond donors (Lipinski definition) is 1. The van der Waals surface area contributed by atoms with Crippen LogP contribution in [0.3, 0.4) is 0 Å². The summed E-state index contributed by atoms with van der Waals surface area (Å²) in [5, 5.41) is 3.80. The monoisotopic (exact) mass is 278 g/mol. The first kappa shape index (κ1) is 14.8. The van der Waals surface area contributed by atoms with Crippen LogP contribution in [0.15, 0.2) is 0 Å². The maximum absolute atomic E-state index is 3.80. The smallest absolute Gasteiger partial charge is 0.0223 e. The fourth-order valence-electron chi connectivity index (χ4n) is 5.12. The molecule has 0 amide bonds. The van der Waals surface area contributed by atoms with Crippen molar-refractivity contribution in [3.8, 4) is 0 Å². The lowest BCUT2D eigenvalue weighted by Crippen LogP contribution is -2.50. The molecule has 3 rings (SSSR count). The van der Waals surface area contributed by atoms with Gasteiger partial charge >= 0.3 is 0 Å². The number of nitrogens with zero attached hydrogens (tertiary/aromatic N) is 1. The first-order valence-electron chi connectivity index (χ1n) is 9.32. The number of likely N-dealkylation sites (N-methyl/N-ethyl adjacent to an activating group) is 1. The van der Waals surface area contributed by atoms with Gasteiger partial charge in [-0.15, -0.1) is 0 Å². The van der Waals surface area contributed by atoms with Gasteiger partial charge in [0.1, 0.15) is 0 Å². The Labute approximate surface area is 125 Å². The molecule has 2 nitrogen and oxygen atoms in total. The Kier molecular flexibility index (Phi) is 5.39. The topological polar surface area (TPSA) is 15.3 Å². The molecule has 0 aromatic heterocycles. The second-order valence-electron chi connectivity index (χ2n) is 7.56. The molecule has 2 saturated carbocycles. The number of nitrogens with one attached hydrogen (secondary N) is 1. The third-order valence-electron chi connectivity index (χ3n) is 6.27. The van der Waals surface area contributed by atoms with Crippen molar-refractivity contribution in [3.63, 3.8) is 0 Å². The van der Waals surface area contributed by atoms with Crippen molar-refractivity contribution in [2.75, 3.05) is 26.2 Å². The van der Waals surface area contributed by atoms with E-state index in [0.717, 1.165) is 30.3 Å². The van der Waals surface area contributed by atoms with Crippen molar-refractivity contribution in [1.82, 2.24) is 10.2 Å². The van der Waals surface area contributed by atoms with Crippen molar-refractivity contribution in [2.45, 2.75) is 70.8 Å². The Morgan fingerprint density at radius 2 is 1.65 bits per heavy atom. The maximum Gasteiger partial charge on any atom is 0.0223 e. The third-order valence-corrected chi connectivity index (χ3v) is 6.27. The van der Waals surface area contributed by atoms with Gasteiger partial charge in [-0.05, 0) is 56.5 Å². The minimum Gasteiger partial charge on any atom is -0.313 e. The van der Waals surface area contributed by atoms with E-state index in [1.807, 2.05) is 0 Å². The van der Waals surface area contributed by atoms with Gasteiger partial charge in [-0.3, -0.25) is 0 Å². The summed E-state index contributed by atoms with van der Waals surface area (Å²) in [7, 11) is 0. The molecule has 3 fully saturated rings. The fourth-order valence-corrected chi connectivity index (χ4v) is 5.12. The lowest BCUT2D eigenvalue weighted by atomic mass is 9.75. The molecule has 0 aromatic carbocycles. The summed E-state index contributed by atoms with van der Waals surface area (Å²) in [5.41, 5.74) is 0. The second kappa shape index (κ2) is 7.26. The average molecular weight is 278 g/mol. The highest BCUT2D eigenvalue weighted by Gasteiger charge is 2.33. The molecule has 0 radical (unpaired) electrons. The molecule has 0 aromatic rings. The molecule has 116 valence electrons. The Morgan fingerprint density at radius 1 is 0.950 bits per heavy atom. The van der Waals surface area contributed by atoms with Gasteiger partial charge in [0, 0.05) is 19.1 Å². The van der Waals surface area contributed by atoms with Crippen LogP contribution >= 0.6 is 0 Å². The molecule has 20 heavy (non-hydrogen) atoms. The lowest BCUT2D eigenvalue weighted by molar-refractivity contribution is 0.0740. The van der Waals surface area contributed by atoms with Gasteiger partial charge in [0.2, 0.25) is 0 Å². The molecular formula is C18H34N2. The van der Waals surface area contributed by atoms with E-state index in [4.69, 9.17) is 0 Å². The molecule has 1 aliphatic heterocycles. The number of hydrogen-bond acceptors (Lipinski definition) is 2. The Hall–Kier alpha value is -0.0800. The van der Waals surface area contributed by atoms with Crippen molar-refractivity contribution in [2.24, 2.45) is 17.8 Å². The van der Waals surface area contributed by atoms with Crippen LogP contribution < -0.4 is 5.32 Å². The first-order chi connectivity index (χ1) is 9.86. The van der Waals surface area contributed by atoms with E-state index in [-0.39, 0.29) is 0 Å². The van der Waals surface area contributed by atoms with Gasteiger partial charge in [0.25, 0.3) is 0 Å². The van der Waals surface area contributed by atoms with Gasteiger partial charge in [-0.2, -0.15) is 0 Å². The maximum atomic E-state index is 3.80. The Balaban J connectivity index is 1.52. The van der Waals surface area contributed by atoms with E-state index in [0.29, 0.717) is 0 Å². The van der Waals surface area contributed by atoms with Gasteiger partial charge in [0.05, 0.1) is 0 Å². The van der Waals surface area contributed by atoms with E-state index in [1.165, 1.54) is 77.4 Å². The zero-order valence-electron chi connectivity index (χ0n) is 13.4. The minimum atomic E-state index is 0.766. The molecule has 2 aliphatic carbocycles. The highest BCUT2D eigenvalue weighted by Crippen LogP contribution is 2.36. The largest absolute Gasteiger partial charge is 0.313 e. The van der Waals surface area contributed by atoms with Crippen molar-refractivity contribution in [1.29, 1.82) is 0 Å². The second-order valence-corrected chi connectivity index (χ2v) is 7.56. The van der Waals surface area contributed by atoms with E-state index in [1.54, 1.807) is 0 Å². The molecule has 1 saturated heterocycles. The number of rotatable bonds is 5. The highest BCUT2D eigenvalue weighted by atomic mass is 15.2. The number of likely N-dealkylation sites (tertiary alicyclic amines) is 1. The fraction of sp³-hybridized carbons (Fsp3) is 1.00. The van der Waals surface area contributed by atoms with E-state index in [2.05, 4.69) is 17.1 Å². The Morgan fingerprint density at radius 3 is 2.40 bits per heavy atom. The van der Waals surface area contributed by atoms with Gasteiger partial charge < -0.3 is 10.2 Å². The predicted molar refractivity (Wildman–Crippen MR) is 85.9 cm³/mol. The van der Waals surface area contributed by atoms with E-state index in [9.17, 15) is 0 Å². The molecule has 3 unspecified atom stereocenters. The number of piperidine rings is 1. The summed E-state index contributed by atoms with van der Waals surface area (Å²) in [4.78, 5) is 2.80. The highest BCUT2D eigenvalue weighted by molar-refractivity contribution is 4.88.